The normalized spacial score (nSPS) is 11.1. The summed E-state index contributed by atoms with van der Waals surface area (Å²) in [4.78, 5) is 29.4. The standard InChI is InChI=1S/C17H12N4O2/c22-16-13-8-4-5-9-14(13)19-15-17(23)20(11-18-21(15)16)10-12-6-2-1-3-7-12/h1-9,11H,10H2. The Labute approximate surface area is 130 Å². The van der Waals surface area contributed by atoms with Crippen LogP contribution in [0.3, 0.4) is 0 Å². The molecule has 0 saturated heterocycles. The third-order valence-corrected chi connectivity index (χ3v) is 3.71. The average molecular weight is 304 g/mol. The predicted octanol–water partition coefficient (Wildman–Crippen LogP) is 1.45. The topological polar surface area (TPSA) is 69.3 Å². The van der Waals surface area contributed by atoms with Crippen molar-refractivity contribution in [1.29, 1.82) is 0 Å². The Morgan fingerprint density at radius 3 is 2.43 bits per heavy atom. The highest BCUT2D eigenvalue weighted by atomic mass is 16.1. The van der Waals surface area contributed by atoms with Crippen LogP contribution in [-0.4, -0.2) is 19.2 Å². The molecule has 0 aliphatic rings. The van der Waals surface area contributed by atoms with Gasteiger partial charge in [0.05, 0.1) is 17.4 Å². The van der Waals surface area contributed by atoms with E-state index in [-0.39, 0.29) is 16.8 Å². The number of nitrogens with zero attached hydrogens (tertiary/aromatic N) is 4. The van der Waals surface area contributed by atoms with Crippen molar-refractivity contribution in [1.82, 2.24) is 19.2 Å². The number of hydrogen-bond donors (Lipinski definition) is 0. The predicted molar refractivity (Wildman–Crippen MR) is 86.6 cm³/mol. The summed E-state index contributed by atoms with van der Waals surface area (Å²) in [6, 6.07) is 16.5. The number of benzene rings is 2. The van der Waals surface area contributed by atoms with Crippen molar-refractivity contribution in [3.8, 4) is 0 Å². The van der Waals surface area contributed by atoms with E-state index in [1.807, 2.05) is 30.3 Å². The lowest BCUT2D eigenvalue weighted by Gasteiger charge is -2.07. The first kappa shape index (κ1) is 13.4. The largest absolute Gasteiger partial charge is 0.297 e. The fourth-order valence-electron chi connectivity index (χ4n) is 2.56. The number of fused-ring (bicyclic) bond motifs is 2. The molecule has 0 N–H and O–H groups in total. The molecule has 0 aliphatic heterocycles. The SMILES string of the molecule is O=c1c2nc3ccccc3c(=O)n2ncn1Cc1ccccc1. The number of hydrogen-bond acceptors (Lipinski definition) is 4. The van der Waals surface area contributed by atoms with Crippen molar-refractivity contribution in [2.75, 3.05) is 0 Å². The lowest BCUT2D eigenvalue weighted by molar-refractivity contribution is 0.689. The van der Waals surface area contributed by atoms with Crippen LogP contribution in [0.1, 0.15) is 5.56 Å². The molecule has 0 radical (unpaired) electrons. The van der Waals surface area contributed by atoms with E-state index >= 15 is 0 Å². The molecule has 4 aromatic rings. The first-order valence-corrected chi connectivity index (χ1v) is 7.15. The van der Waals surface area contributed by atoms with E-state index < -0.39 is 0 Å². The van der Waals surface area contributed by atoms with Gasteiger partial charge in [-0.2, -0.15) is 9.61 Å². The third kappa shape index (κ3) is 2.20. The number of rotatable bonds is 2. The molecule has 112 valence electrons. The minimum atomic E-state index is -0.341. The summed E-state index contributed by atoms with van der Waals surface area (Å²) in [5, 5.41) is 4.53. The van der Waals surface area contributed by atoms with Crippen molar-refractivity contribution in [3.63, 3.8) is 0 Å². The number of aromatic nitrogens is 4. The Bertz CT molecular complexity index is 1130. The van der Waals surface area contributed by atoms with Gasteiger partial charge in [-0.25, -0.2) is 4.98 Å². The van der Waals surface area contributed by atoms with Crippen LogP contribution in [0.15, 0.2) is 70.5 Å². The van der Waals surface area contributed by atoms with Gasteiger partial charge in [-0.3, -0.25) is 14.2 Å². The summed E-state index contributed by atoms with van der Waals surface area (Å²) in [5.74, 6) is 0. The summed E-state index contributed by atoms with van der Waals surface area (Å²) >= 11 is 0. The van der Waals surface area contributed by atoms with Gasteiger partial charge < -0.3 is 0 Å². The van der Waals surface area contributed by atoms with E-state index in [1.165, 1.54) is 10.9 Å². The first-order chi connectivity index (χ1) is 11.2. The molecule has 0 amide bonds. The Morgan fingerprint density at radius 2 is 1.61 bits per heavy atom. The summed E-state index contributed by atoms with van der Waals surface area (Å²) in [6.07, 6.45) is 1.38. The lowest BCUT2D eigenvalue weighted by atomic mass is 10.2. The molecule has 0 fully saturated rings. The van der Waals surface area contributed by atoms with Crippen molar-refractivity contribution >= 4 is 16.6 Å². The maximum Gasteiger partial charge on any atom is 0.297 e. The Hall–Kier alpha value is -3.28. The smallest absolute Gasteiger partial charge is 0.290 e. The van der Waals surface area contributed by atoms with Crippen LogP contribution < -0.4 is 11.1 Å². The van der Waals surface area contributed by atoms with E-state index in [1.54, 1.807) is 24.3 Å². The molecule has 2 aromatic heterocycles. The van der Waals surface area contributed by atoms with E-state index in [4.69, 9.17) is 0 Å². The molecule has 0 saturated carbocycles. The van der Waals surface area contributed by atoms with Crippen LogP contribution in [0, 0.1) is 0 Å². The fourth-order valence-corrected chi connectivity index (χ4v) is 2.56. The molecule has 0 spiro atoms. The molecular formula is C17H12N4O2. The van der Waals surface area contributed by atoms with Crippen LogP contribution in [0.25, 0.3) is 16.6 Å². The summed E-state index contributed by atoms with van der Waals surface area (Å²) < 4.78 is 2.51. The molecule has 23 heavy (non-hydrogen) atoms. The molecule has 0 atom stereocenters. The maximum absolute atomic E-state index is 12.6. The van der Waals surface area contributed by atoms with Crippen LogP contribution in [0.4, 0.5) is 0 Å². The quantitative estimate of drug-likeness (QED) is 0.526. The zero-order valence-electron chi connectivity index (χ0n) is 12.1. The molecular weight excluding hydrogens is 292 g/mol. The molecule has 0 bridgehead atoms. The van der Waals surface area contributed by atoms with Gasteiger partial charge in [0.2, 0.25) is 5.65 Å². The highest BCUT2D eigenvalue weighted by Crippen LogP contribution is 2.06. The van der Waals surface area contributed by atoms with E-state index in [0.717, 1.165) is 10.1 Å². The fraction of sp³-hybridized carbons (Fsp3) is 0.0588. The Kier molecular flexibility index (Phi) is 3.01. The molecule has 6 heteroatoms. The van der Waals surface area contributed by atoms with Crippen LogP contribution in [0.5, 0.6) is 0 Å². The van der Waals surface area contributed by atoms with Gasteiger partial charge in [0, 0.05) is 0 Å². The summed E-state index contributed by atoms with van der Waals surface area (Å²) in [7, 11) is 0. The molecule has 0 aliphatic carbocycles. The van der Waals surface area contributed by atoms with Gasteiger partial charge in [-0.05, 0) is 17.7 Å². The lowest BCUT2D eigenvalue weighted by Crippen LogP contribution is -2.30. The molecule has 0 unspecified atom stereocenters. The van der Waals surface area contributed by atoms with Crippen LogP contribution in [0.2, 0.25) is 0 Å². The Morgan fingerprint density at radius 1 is 0.870 bits per heavy atom. The Balaban J connectivity index is 1.96. The molecule has 4 rings (SSSR count). The van der Waals surface area contributed by atoms with Crippen LogP contribution in [-0.2, 0) is 6.54 Å². The first-order valence-electron chi connectivity index (χ1n) is 7.15. The van der Waals surface area contributed by atoms with Crippen molar-refractivity contribution in [3.05, 3.63) is 87.2 Å². The van der Waals surface area contributed by atoms with Crippen LogP contribution >= 0.6 is 0 Å². The number of para-hydroxylation sites is 1. The monoisotopic (exact) mass is 304 g/mol. The second-order valence-electron chi connectivity index (χ2n) is 5.22. The second-order valence-corrected chi connectivity index (χ2v) is 5.22. The van der Waals surface area contributed by atoms with Gasteiger partial charge in [-0.15, -0.1) is 0 Å². The third-order valence-electron chi connectivity index (χ3n) is 3.71. The molecule has 2 heterocycles. The highest BCUT2D eigenvalue weighted by molar-refractivity contribution is 5.79. The minimum Gasteiger partial charge on any atom is -0.290 e. The van der Waals surface area contributed by atoms with E-state index in [0.29, 0.717) is 17.4 Å². The van der Waals surface area contributed by atoms with Crippen molar-refractivity contribution < 1.29 is 0 Å². The minimum absolute atomic E-state index is 0.0344. The molecule has 6 nitrogen and oxygen atoms in total. The highest BCUT2D eigenvalue weighted by Gasteiger charge is 2.10. The zero-order chi connectivity index (χ0) is 15.8. The van der Waals surface area contributed by atoms with E-state index in [9.17, 15) is 9.59 Å². The summed E-state index contributed by atoms with van der Waals surface area (Å²) in [6.45, 7) is 0.381. The zero-order valence-corrected chi connectivity index (χ0v) is 12.1. The van der Waals surface area contributed by atoms with Gasteiger partial charge in [-0.1, -0.05) is 42.5 Å². The van der Waals surface area contributed by atoms with E-state index in [2.05, 4.69) is 10.1 Å². The van der Waals surface area contributed by atoms with Crippen molar-refractivity contribution in [2.24, 2.45) is 0 Å². The second kappa shape index (κ2) is 5.17. The van der Waals surface area contributed by atoms with Crippen molar-refractivity contribution in [2.45, 2.75) is 6.54 Å². The maximum atomic E-state index is 12.6. The van der Waals surface area contributed by atoms with Gasteiger partial charge >= 0.3 is 0 Å². The van der Waals surface area contributed by atoms with Gasteiger partial charge in [0.25, 0.3) is 11.1 Å². The van der Waals surface area contributed by atoms with Gasteiger partial charge in [0.1, 0.15) is 6.33 Å². The molecule has 2 aromatic carbocycles. The average Bonchev–Trinajstić information content (AvgIpc) is 2.59. The summed E-state index contributed by atoms with van der Waals surface area (Å²) in [5.41, 5.74) is 0.825. The van der Waals surface area contributed by atoms with Gasteiger partial charge in [0.15, 0.2) is 0 Å².